The van der Waals surface area contributed by atoms with Crippen molar-refractivity contribution in [3.8, 4) is 22.1 Å². The van der Waals surface area contributed by atoms with Crippen molar-refractivity contribution in [2.45, 2.75) is 20.0 Å². The van der Waals surface area contributed by atoms with Crippen LogP contribution >= 0.6 is 11.3 Å². The van der Waals surface area contributed by atoms with Crippen LogP contribution < -0.4 is 5.73 Å². The summed E-state index contributed by atoms with van der Waals surface area (Å²) < 4.78 is 39.9. The summed E-state index contributed by atoms with van der Waals surface area (Å²) in [5, 5.41) is 5.31. The number of rotatable bonds is 2. The SMILES string of the molecule is Cc1nn(C)c(C)c1-c1cc(N)nc(-c2nc(C(F)(F)F)cs2)n1. The number of nitrogen functional groups attached to an aromatic ring is 1. The highest BCUT2D eigenvalue weighted by Crippen LogP contribution is 2.34. The minimum Gasteiger partial charge on any atom is -0.384 e. The minimum atomic E-state index is -4.51. The molecule has 0 aliphatic carbocycles. The van der Waals surface area contributed by atoms with Gasteiger partial charge in [0, 0.05) is 29.8 Å². The van der Waals surface area contributed by atoms with Gasteiger partial charge in [0.2, 0.25) is 0 Å². The van der Waals surface area contributed by atoms with Gasteiger partial charge in [-0.25, -0.2) is 15.0 Å². The van der Waals surface area contributed by atoms with Crippen molar-refractivity contribution in [2.75, 3.05) is 5.73 Å². The van der Waals surface area contributed by atoms with E-state index in [9.17, 15) is 13.2 Å². The molecule has 0 aliphatic rings. The fraction of sp³-hybridized carbons (Fsp3) is 0.286. The number of thiazole rings is 1. The van der Waals surface area contributed by atoms with E-state index in [4.69, 9.17) is 5.73 Å². The van der Waals surface area contributed by atoms with Crippen LogP contribution in [0.2, 0.25) is 0 Å². The standard InChI is InChI=1S/C14H13F3N6S/c1-6-11(7(2)23(3)22-6)8-4-10(18)21-12(19-8)13-20-9(5-24-13)14(15,16)17/h4-5H,1-3H3,(H2,18,19,21). The van der Waals surface area contributed by atoms with E-state index in [0.717, 1.165) is 33.7 Å². The Morgan fingerprint density at radius 3 is 2.42 bits per heavy atom. The second kappa shape index (κ2) is 5.55. The Hall–Kier alpha value is -2.49. The molecule has 0 unspecified atom stereocenters. The summed E-state index contributed by atoms with van der Waals surface area (Å²) in [4.78, 5) is 11.9. The van der Waals surface area contributed by atoms with Crippen molar-refractivity contribution in [1.82, 2.24) is 24.7 Å². The number of hydrogen-bond donors (Lipinski definition) is 1. The van der Waals surface area contributed by atoms with E-state index >= 15 is 0 Å². The first-order valence-electron chi connectivity index (χ1n) is 6.85. The average molecular weight is 354 g/mol. The molecule has 3 aromatic heterocycles. The second-order valence-electron chi connectivity index (χ2n) is 5.21. The van der Waals surface area contributed by atoms with Gasteiger partial charge >= 0.3 is 6.18 Å². The van der Waals surface area contributed by atoms with Gasteiger partial charge in [-0.3, -0.25) is 4.68 Å². The van der Waals surface area contributed by atoms with Crippen LogP contribution in [0.5, 0.6) is 0 Å². The maximum absolute atomic E-state index is 12.7. The zero-order valence-corrected chi connectivity index (χ0v) is 13.8. The minimum absolute atomic E-state index is 0.0631. The van der Waals surface area contributed by atoms with E-state index < -0.39 is 11.9 Å². The first-order chi connectivity index (χ1) is 11.2. The van der Waals surface area contributed by atoms with Gasteiger partial charge in [-0.15, -0.1) is 11.3 Å². The van der Waals surface area contributed by atoms with Crippen LogP contribution in [0.25, 0.3) is 22.1 Å². The maximum Gasteiger partial charge on any atom is 0.434 e. The van der Waals surface area contributed by atoms with Gasteiger partial charge in [0.25, 0.3) is 0 Å². The monoisotopic (exact) mass is 354 g/mol. The number of nitrogens with two attached hydrogens (primary N) is 1. The molecule has 0 atom stereocenters. The smallest absolute Gasteiger partial charge is 0.384 e. The Morgan fingerprint density at radius 2 is 1.88 bits per heavy atom. The third-order valence-electron chi connectivity index (χ3n) is 3.50. The topological polar surface area (TPSA) is 82.5 Å². The zero-order chi connectivity index (χ0) is 17.6. The van der Waals surface area contributed by atoms with Crippen molar-refractivity contribution in [2.24, 2.45) is 7.05 Å². The summed E-state index contributed by atoms with van der Waals surface area (Å²) in [5.74, 6) is 0.217. The predicted octanol–water partition coefficient (Wildman–Crippen LogP) is 3.22. The van der Waals surface area contributed by atoms with Crippen molar-refractivity contribution in [1.29, 1.82) is 0 Å². The van der Waals surface area contributed by atoms with Gasteiger partial charge in [0.15, 0.2) is 16.5 Å². The van der Waals surface area contributed by atoms with Crippen LogP contribution in [0.4, 0.5) is 19.0 Å². The fourth-order valence-corrected chi connectivity index (χ4v) is 3.10. The summed E-state index contributed by atoms with van der Waals surface area (Å²) in [7, 11) is 1.80. The third-order valence-corrected chi connectivity index (χ3v) is 4.34. The highest BCUT2D eigenvalue weighted by Gasteiger charge is 2.34. The molecule has 0 aromatic carbocycles. The van der Waals surface area contributed by atoms with Crippen LogP contribution in [0.15, 0.2) is 11.4 Å². The Labute approximate surface area is 139 Å². The molecule has 0 fully saturated rings. The molecule has 3 rings (SSSR count). The van der Waals surface area contributed by atoms with Crippen LogP contribution in [-0.2, 0) is 13.2 Å². The van der Waals surface area contributed by atoms with Gasteiger partial charge in [-0.1, -0.05) is 0 Å². The normalized spacial score (nSPS) is 11.9. The molecule has 0 saturated heterocycles. The molecule has 10 heteroatoms. The summed E-state index contributed by atoms with van der Waals surface area (Å²) in [6.45, 7) is 3.70. The second-order valence-corrected chi connectivity index (χ2v) is 6.06. The number of aryl methyl sites for hydroxylation is 2. The number of halogens is 3. The van der Waals surface area contributed by atoms with E-state index in [2.05, 4.69) is 20.1 Å². The zero-order valence-electron chi connectivity index (χ0n) is 13.0. The Kier molecular flexibility index (Phi) is 3.78. The number of alkyl halides is 3. The first-order valence-corrected chi connectivity index (χ1v) is 7.73. The Bertz CT molecular complexity index is 912. The highest BCUT2D eigenvalue weighted by atomic mass is 32.1. The number of anilines is 1. The maximum atomic E-state index is 12.7. The van der Waals surface area contributed by atoms with Gasteiger partial charge in [0.1, 0.15) is 5.82 Å². The average Bonchev–Trinajstić information content (AvgIpc) is 3.04. The van der Waals surface area contributed by atoms with Crippen LogP contribution in [0.1, 0.15) is 17.1 Å². The van der Waals surface area contributed by atoms with Crippen molar-refractivity contribution in [3.05, 3.63) is 28.5 Å². The molecule has 24 heavy (non-hydrogen) atoms. The van der Waals surface area contributed by atoms with E-state index in [1.54, 1.807) is 17.8 Å². The first kappa shape index (κ1) is 16.4. The molecule has 126 valence electrons. The quantitative estimate of drug-likeness (QED) is 0.764. The fourth-order valence-electron chi connectivity index (χ4n) is 2.34. The summed E-state index contributed by atoms with van der Waals surface area (Å²) in [5.41, 5.74) is 7.74. The van der Waals surface area contributed by atoms with Crippen LogP contribution in [0.3, 0.4) is 0 Å². The van der Waals surface area contributed by atoms with Gasteiger partial charge in [-0.2, -0.15) is 18.3 Å². The number of hydrogen-bond acceptors (Lipinski definition) is 6. The van der Waals surface area contributed by atoms with E-state index in [1.165, 1.54) is 0 Å². The molecular weight excluding hydrogens is 341 g/mol. The molecule has 0 aliphatic heterocycles. The van der Waals surface area contributed by atoms with Gasteiger partial charge in [-0.05, 0) is 13.8 Å². The Morgan fingerprint density at radius 1 is 1.17 bits per heavy atom. The van der Waals surface area contributed by atoms with Crippen molar-refractivity contribution >= 4 is 17.2 Å². The summed E-state index contributed by atoms with van der Waals surface area (Å²) in [6, 6.07) is 1.57. The molecule has 3 heterocycles. The van der Waals surface area contributed by atoms with Crippen LogP contribution in [0, 0.1) is 13.8 Å². The molecule has 0 amide bonds. The lowest BCUT2D eigenvalue weighted by atomic mass is 10.1. The van der Waals surface area contributed by atoms with E-state index in [-0.39, 0.29) is 16.6 Å². The van der Waals surface area contributed by atoms with E-state index in [1.807, 2.05) is 13.8 Å². The van der Waals surface area contributed by atoms with Crippen molar-refractivity contribution in [3.63, 3.8) is 0 Å². The molecule has 3 aromatic rings. The van der Waals surface area contributed by atoms with Gasteiger partial charge < -0.3 is 5.73 Å². The van der Waals surface area contributed by atoms with Crippen LogP contribution in [-0.4, -0.2) is 24.7 Å². The molecule has 6 nitrogen and oxygen atoms in total. The lowest BCUT2D eigenvalue weighted by Gasteiger charge is -2.05. The number of aromatic nitrogens is 5. The summed E-state index contributed by atoms with van der Waals surface area (Å²) >= 11 is 0.823. The molecule has 2 N–H and O–H groups in total. The highest BCUT2D eigenvalue weighted by molar-refractivity contribution is 7.13. The molecular formula is C14H13F3N6S. The Balaban J connectivity index is 2.12. The van der Waals surface area contributed by atoms with E-state index in [0.29, 0.717) is 5.69 Å². The third kappa shape index (κ3) is 2.84. The van der Waals surface area contributed by atoms with Crippen molar-refractivity contribution < 1.29 is 13.2 Å². The molecule has 0 spiro atoms. The molecule has 0 saturated carbocycles. The summed E-state index contributed by atoms with van der Waals surface area (Å²) in [6.07, 6.45) is -4.51. The predicted molar refractivity (Wildman–Crippen MR) is 84.2 cm³/mol. The lowest BCUT2D eigenvalue weighted by Crippen LogP contribution is -2.05. The molecule has 0 bridgehead atoms. The largest absolute Gasteiger partial charge is 0.434 e. The lowest BCUT2D eigenvalue weighted by molar-refractivity contribution is -0.140. The molecule has 0 radical (unpaired) electrons. The van der Waals surface area contributed by atoms with Gasteiger partial charge in [0.05, 0.1) is 11.4 Å². The number of nitrogens with zero attached hydrogens (tertiary/aromatic N) is 5.